The van der Waals surface area contributed by atoms with Crippen molar-refractivity contribution in [2.24, 2.45) is 5.92 Å². The van der Waals surface area contributed by atoms with Gasteiger partial charge in [-0.05, 0) is 44.2 Å². The molecule has 2 amide bonds. The maximum absolute atomic E-state index is 12.9. The normalized spacial score (nSPS) is 19.0. The summed E-state index contributed by atoms with van der Waals surface area (Å²) in [5, 5.41) is 0. The van der Waals surface area contributed by atoms with Gasteiger partial charge in [0.2, 0.25) is 11.8 Å². The number of aryl methyl sites for hydroxylation is 2. The molecule has 0 radical (unpaired) electrons. The molecule has 0 spiro atoms. The molecule has 2 heterocycles. The van der Waals surface area contributed by atoms with Crippen LogP contribution < -0.4 is 4.74 Å². The van der Waals surface area contributed by atoms with Gasteiger partial charge >= 0.3 is 0 Å². The Bertz CT molecular complexity index is 667. The van der Waals surface area contributed by atoms with E-state index in [2.05, 4.69) is 32.0 Å². The third-order valence-corrected chi connectivity index (χ3v) is 6.11. The fraction of sp³-hybridized carbons (Fsp3) is 0.652. The summed E-state index contributed by atoms with van der Waals surface area (Å²) >= 11 is 0. The number of amides is 2. The van der Waals surface area contributed by atoms with Gasteiger partial charge in [-0.25, -0.2) is 0 Å². The Balaban J connectivity index is 1.46. The molecule has 0 N–H and O–H groups in total. The minimum absolute atomic E-state index is 0.0711. The number of benzene rings is 1. The molecule has 2 aliphatic rings. The third-order valence-electron chi connectivity index (χ3n) is 6.11. The smallest absolute Gasteiger partial charge is 0.225 e. The lowest BCUT2D eigenvalue weighted by Crippen LogP contribution is -2.47. The second-order valence-electron chi connectivity index (χ2n) is 8.27. The van der Waals surface area contributed by atoms with Crippen molar-refractivity contribution >= 4 is 11.8 Å². The standard InChI is InChI=1S/C23H34N2O3/c1-4-6-21(26)24-13-9-19(10-14-24)23(27)25-15-11-20(12-16-25)28-22-17(2)7-5-8-18(22)3/h5,7-8,19-20H,4,6,9-16H2,1-3H3. The Morgan fingerprint density at radius 1 is 0.964 bits per heavy atom. The second-order valence-corrected chi connectivity index (χ2v) is 8.27. The van der Waals surface area contributed by atoms with Gasteiger partial charge < -0.3 is 14.5 Å². The van der Waals surface area contributed by atoms with Gasteiger partial charge in [0.1, 0.15) is 11.9 Å². The maximum Gasteiger partial charge on any atom is 0.225 e. The molecule has 0 saturated carbocycles. The predicted octanol–water partition coefficient (Wildman–Crippen LogP) is 3.71. The number of rotatable bonds is 5. The molecule has 2 fully saturated rings. The van der Waals surface area contributed by atoms with Crippen molar-refractivity contribution in [2.75, 3.05) is 26.2 Å². The molecule has 154 valence electrons. The molecule has 1 aromatic rings. The average Bonchev–Trinajstić information content (AvgIpc) is 2.71. The predicted molar refractivity (Wildman–Crippen MR) is 110 cm³/mol. The van der Waals surface area contributed by atoms with E-state index in [1.54, 1.807) is 0 Å². The number of nitrogens with zero attached hydrogens (tertiary/aromatic N) is 2. The zero-order chi connectivity index (χ0) is 20.1. The molecule has 2 saturated heterocycles. The van der Waals surface area contributed by atoms with E-state index in [1.165, 1.54) is 11.1 Å². The topological polar surface area (TPSA) is 49.9 Å². The highest BCUT2D eigenvalue weighted by molar-refractivity contribution is 5.80. The summed E-state index contributed by atoms with van der Waals surface area (Å²) in [5.74, 6) is 1.57. The van der Waals surface area contributed by atoms with E-state index in [0.29, 0.717) is 6.42 Å². The van der Waals surface area contributed by atoms with E-state index < -0.39 is 0 Å². The highest BCUT2D eigenvalue weighted by Crippen LogP contribution is 2.27. The van der Waals surface area contributed by atoms with Crippen LogP contribution in [-0.4, -0.2) is 53.9 Å². The summed E-state index contributed by atoms with van der Waals surface area (Å²) in [6, 6.07) is 6.22. The lowest BCUT2D eigenvalue weighted by Gasteiger charge is -2.37. The van der Waals surface area contributed by atoms with Crippen LogP contribution in [0.4, 0.5) is 0 Å². The highest BCUT2D eigenvalue weighted by atomic mass is 16.5. The van der Waals surface area contributed by atoms with Crippen molar-refractivity contribution in [3.8, 4) is 5.75 Å². The van der Waals surface area contributed by atoms with Crippen molar-refractivity contribution in [3.05, 3.63) is 29.3 Å². The molecule has 1 aromatic carbocycles. The zero-order valence-corrected chi connectivity index (χ0v) is 17.6. The fourth-order valence-electron chi connectivity index (χ4n) is 4.35. The molecule has 3 rings (SSSR count). The van der Waals surface area contributed by atoms with Gasteiger partial charge in [-0.3, -0.25) is 9.59 Å². The Morgan fingerprint density at radius 3 is 2.11 bits per heavy atom. The SMILES string of the molecule is CCCC(=O)N1CCC(C(=O)N2CCC(Oc3c(C)cccc3C)CC2)CC1. The molecular formula is C23H34N2O3. The molecule has 5 nitrogen and oxygen atoms in total. The molecule has 0 atom stereocenters. The molecule has 0 bridgehead atoms. The summed E-state index contributed by atoms with van der Waals surface area (Å²) in [6.45, 7) is 9.18. The number of hydrogen-bond donors (Lipinski definition) is 0. The molecule has 0 unspecified atom stereocenters. The van der Waals surface area contributed by atoms with Crippen molar-refractivity contribution in [1.82, 2.24) is 9.80 Å². The van der Waals surface area contributed by atoms with Crippen molar-refractivity contribution in [2.45, 2.75) is 65.4 Å². The van der Waals surface area contributed by atoms with Gasteiger partial charge in [0.15, 0.2) is 0 Å². The largest absolute Gasteiger partial charge is 0.490 e. The fourth-order valence-corrected chi connectivity index (χ4v) is 4.35. The van der Waals surface area contributed by atoms with Gasteiger partial charge in [0.05, 0.1) is 0 Å². The van der Waals surface area contributed by atoms with Gasteiger partial charge in [-0.1, -0.05) is 25.1 Å². The van der Waals surface area contributed by atoms with E-state index in [4.69, 9.17) is 4.74 Å². The van der Waals surface area contributed by atoms with E-state index in [9.17, 15) is 9.59 Å². The van der Waals surface area contributed by atoms with Gasteiger partial charge in [-0.15, -0.1) is 0 Å². The van der Waals surface area contributed by atoms with Crippen LogP contribution in [0.3, 0.4) is 0 Å². The van der Waals surface area contributed by atoms with Crippen LogP contribution in [0, 0.1) is 19.8 Å². The lowest BCUT2D eigenvalue weighted by molar-refractivity contribution is -0.142. The summed E-state index contributed by atoms with van der Waals surface area (Å²) in [5.41, 5.74) is 2.34. The van der Waals surface area contributed by atoms with E-state index in [-0.39, 0.29) is 23.8 Å². The quantitative estimate of drug-likeness (QED) is 0.775. The third kappa shape index (κ3) is 4.86. The van der Waals surface area contributed by atoms with E-state index in [1.807, 2.05) is 16.7 Å². The second kappa shape index (κ2) is 9.44. The summed E-state index contributed by atoms with van der Waals surface area (Å²) in [6.07, 6.45) is 5.04. The minimum atomic E-state index is 0.0711. The number of ether oxygens (including phenoxy) is 1. The molecule has 28 heavy (non-hydrogen) atoms. The first kappa shape index (κ1) is 20.7. The molecule has 0 aromatic heterocycles. The Labute approximate surface area is 169 Å². The maximum atomic E-state index is 12.9. The monoisotopic (exact) mass is 386 g/mol. The van der Waals surface area contributed by atoms with Gasteiger partial charge in [-0.2, -0.15) is 0 Å². The Hall–Kier alpha value is -2.04. The van der Waals surface area contributed by atoms with Crippen molar-refractivity contribution in [3.63, 3.8) is 0 Å². The molecule has 2 aliphatic heterocycles. The summed E-state index contributed by atoms with van der Waals surface area (Å²) in [7, 11) is 0. The van der Waals surface area contributed by atoms with Crippen LogP contribution in [0.2, 0.25) is 0 Å². The van der Waals surface area contributed by atoms with Crippen LogP contribution in [0.25, 0.3) is 0 Å². The number of piperidine rings is 2. The first-order valence-electron chi connectivity index (χ1n) is 10.8. The first-order chi connectivity index (χ1) is 13.5. The number of hydrogen-bond acceptors (Lipinski definition) is 3. The summed E-state index contributed by atoms with van der Waals surface area (Å²) < 4.78 is 6.27. The van der Waals surface area contributed by atoms with Crippen LogP contribution in [-0.2, 0) is 9.59 Å². The average molecular weight is 387 g/mol. The number of para-hydroxylation sites is 1. The van der Waals surface area contributed by atoms with Crippen LogP contribution in [0.1, 0.15) is 56.6 Å². The highest BCUT2D eigenvalue weighted by Gasteiger charge is 2.32. The van der Waals surface area contributed by atoms with Crippen molar-refractivity contribution < 1.29 is 14.3 Å². The molecule has 5 heteroatoms. The molecular weight excluding hydrogens is 352 g/mol. The summed E-state index contributed by atoms with van der Waals surface area (Å²) in [4.78, 5) is 28.9. The first-order valence-corrected chi connectivity index (χ1v) is 10.8. The Kier molecular flexibility index (Phi) is 6.97. The zero-order valence-electron chi connectivity index (χ0n) is 17.6. The van der Waals surface area contributed by atoms with Gasteiger partial charge in [0, 0.05) is 51.4 Å². The van der Waals surface area contributed by atoms with E-state index >= 15 is 0 Å². The number of likely N-dealkylation sites (tertiary alicyclic amines) is 2. The van der Waals surface area contributed by atoms with Crippen LogP contribution in [0.15, 0.2) is 18.2 Å². The van der Waals surface area contributed by atoms with Crippen molar-refractivity contribution in [1.29, 1.82) is 0 Å². The van der Waals surface area contributed by atoms with Crippen LogP contribution in [0.5, 0.6) is 5.75 Å². The number of carbonyl (C=O) groups excluding carboxylic acids is 2. The van der Waals surface area contributed by atoms with Crippen LogP contribution >= 0.6 is 0 Å². The minimum Gasteiger partial charge on any atom is -0.490 e. The molecule has 0 aliphatic carbocycles. The lowest BCUT2D eigenvalue weighted by atomic mass is 9.94. The Morgan fingerprint density at radius 2 is 1.54 bits per heavy atom. The van der Waals surface area contributed by atoms with E-state index in [0.717, 1.165) is 64.0 Å². The number of carbonyl (C=O) groups is 2. The van der Waals surface area contributed by atoms with Gasteiger partial charge in [0.25, 0.3) is 0 Å².